The van der Waals surface area contributed by atoms with Crippen molar-refractivity contribution in [3.63, 3.8) is 0 Å². The lowest BCUT2D eigenvalue weighted by Gasteiger charge is -2.30. The molecule has 3 aliphatic rings. The molecule has 0 fully saturated rings. The second-order valence-corrected chi connectivity index (χ2v) is 20.4. The van der Waals surface area contributed by atoms with Gasteiger partial charge in [0.05, 0.1) is 0 Å². The Morgan fingerprint density at radius 3 is 1.35 bits per heavy atom. The third kappa shape index (κ3) is 4.87. The van der Waals surface area contributed by atoms with Crippen molar-refractivity contribution in [2.75, 3.05) is 4.90 Å². The molecular weight excluding hydrogens is 803 g/mol. The molecule has 0 N–H and O–H groups in total. The van der Waals surface area contributed by atoms with Crippen LogP contribution in [0.3, 0.4) is 0 Å². The highest BCUT2D eigenvalue weighted by atomic mass is 16.3. The molecule has 0 unspecified atom stereocenters. The number of para-hydroxylation sites is 1. The van der Waals surface area contributed by atoms with Crippen molar-refractivity contribution in [2.45, 2.75) is 57.8 Å². The first-order valence-corrected chi connectivity index (χ1v) is 23.3. The monoisotopic (exact) mass is 849 g/mol. The average Bonchev–Trinajstić information content (AvgIpc) is 4.08. The van der Waals surface area contributed by atoms with Crippen molar-refractivity contribution in [2.24, 2.45) is 0 Å². The van der Waals surface area contributed by atoms with Crippen molar-refractivity contribution in [3.8, 4) is 44.5 Å². The first-order chi connectivity index (χ1) is 32.0. The molecule has 0 bridgehead atoms. The van der Waals surface area contributed by atoms with Crippen LogP contribution in [0.4, 0.5) is 17.1 Å². The van der Waals surface area contributed by atoms with Crippen LogP contribution < -0.4 is 4.90 Å². The lowest BCUT2D eigenvalue weighted by atomic mass is 9.81. The Bertz CT molecular complexity index is 3820. The van der Waals surface area contributed by atoms with Crippen LogP contribution in [0.1, 0.15) is 74.9 Å². The Morgan fingerprint density at radius 2 is 0.773 bits per heavy atom. The third-order valence-electron chi connectivity index (χ3n) is 15.9. The van der Waals surface area contributed by atoms with Crippen molar-refractivity contribution >= 4 is 60.9 Å². The number of hydrogen-bond acceptors (Lipinski definition) is 3. The maximum absolute atomic E-state index is 7.13. The molecule has 2 heterocycles. The van der Waals surface area contributed by atoms with Gasteiger partial charge in [-0.25, -0.2) is 0 Å². The number of nitrogens with zero attached hydrogens (tertiary/aromatic N) is 1. The predicted octanol–water partition coefficient (Wildman–Crippen LogP) is 17.5. The van der Waals surface area contributed by atoms with Gasteiger partial charge in [-0.05, 0) is 133 Å². The van der Waals surface area contributed by atoms with E-state index >= 15 is 0 Å². The Morgan fingerprint density at radius 1 is 0.318 bits per heavy atom. The fraction of sp³-hybridized carbons (Fsp3) is 0.143. The molecule has 2 aromatic heterocycles. The smallest absolute Gasteiger partial charge is 0.143 e. The highest BCUT2D eigenvalue weighted by Crippen LogP contribution is 2.55. The topological polar surface area (TPSA) is 29.5 Å². The molecule has 0 saturated heterocycles. The van der Waals surface area contributed by atoms with E-state index in [4.69, 9.17) is 8.83 Å². The summed E-state index contributed by atoms with van der Waals surface area (Å²) in [7, 11) is 0. The van der Waals surface area contributed by atoms with Crippen molar-refractivity contribution in [1.29, 1.82) is 0 Å². The van der Waals surface area contributed by atoms with Crippen LogP contribution in [0.25, 0.3) is 88.4 Å². The summed E-state index contributed by atoms with van der Waals surface area (Å²) in [6, 6.07) is 65.4. The van der Waals surface area contributed by atoms with Gasteiger partial charge in [0.25, 0.3) is 0 Å². The molecule has 0 saturated carbocycles. The Kier molecular flexibility index (Phi) is 7.32. The van der Waals surface area contributed by atoms with E-state index in [-0.39, 0.29) is 16.2 Å². The highest BCUT2D eigenvalue weighted by molar-refractivity contribution is 6.27. The summed E-state index contributed by atoms with van der Waals surface area (Å²) in [5.74, 6) is 0. The van der Waals surface area contributed by atoms with Crippen molar-refractivity contribution in [3.05, 3.63) is 209 Å². The summed E-state index contributed by atoms with van der Waals surface area (Å²) in [5, 5.41) is 4.30. The van der Waals surface area contributed by atoms with Gasteiger partial charge in [0.1, 0.15) is 22.3 Å². The maximum Gasteiger partial charge on any atom is 0.143 e. The second-order valence-electron chi connectivity index (χ2n) is 20.4. The van der Waals surface area contributed by atoms with Gasteiger partial charge >= 0.3 is 0 Å². The minimum atomic E-state index is -0.173. The van der Waals surface area contributed by atoms with Crippen LogP contribution in [0.15, 0.2) is 185 Å². The molecular formula is C63H47NO2. The van der Waals surface area contributed by atoms with Crippen LogP contribution in [0.5, 0.6) is 0 Å². The quantitative estimate of drug-likeness (QED) is 0.177. The number of rotatable bonds is 4. The molecule has 3 aliphatic carbocycles. The van der Waals surface area contributed by atoms with Gasteiger partial charge in [-0.2, -0.15) is 0 Å². The molecule has 11 aromatic rings. The minimum Gasteiger partial charge on any atom is -0.456 e. The zero-order valence-corrected chi connectivity index (χ0v) is 38.0. The summed E-state index contributed by atoms with van der Waals surface area (Å²) in [5.41, 5.74) is 24.4. The summed E-state index contributed by atoms with van der Waals surface area (Å²) in [6.07, 6.45) is 0. The Balaban J connectivity index is 1.08. The van der Waals surface area contributed by atoms with Crippen LogP contribution in [-0.4, -0.2) is 0 Å². The molecule has 316 valence electrons. The summed E-state index contributed by atoms with van der Waals surface area (Å²) in [4.78, 5) is 2.50. The van der Waals surface area contributed by atoms with Gasteiger partial charge in [0, 0.05) is 60.4 Å². The summed E-state index contributed by atoms with van der Waals surface area (Å²) < 4.78 is 13.7. The fourth-order valence-corrected chi connectivity index (χ4v) is 12.5. The first-order valence-electron chi connectivity index (χ1n) is 23.3. The van der Waals surface area contributed by atoms with E-state index < -0.39 is 0 Å². The summed E-state index contributed by atoms with van der Waals surface area (Å²) >= 11 is 0. The highest BCUT2D eigenvalue weighted by Gasteiger charge is 2.39. The van der Waals surface area contributed by atoms with Crippen LogP contribution in [0.2, 0.25) is 0 Å². The average molecular weight is 850 g/mol. The SMILES string of the molecule is CC1(C)c2ccccc2-c2ccc(-c3cc(N(c4ccc5c(c4)C(C)(C)c4ccccc4-5)c4ccc5c(c4)C(C)(C)c4ccccc4-5)cc4c3oc3ccc5oc6ccccc6c5c34)cc21. The molecule has 0 atom stereocenters. The van der Waals surface area contributed by atoms with E-state index in [1.54, 1.807) is 0 Å². The third-order valence-corrected chi connectivity index (χ3v) is 15.9. The largest absolute Gasteiger partial charge is 0.456 e. The van der Waals surface area contributed by atoms with E-state index in [1.807, 2.05) is 6.07 Å². The standard InChI is InChI=1S/C63H47NO2/c1-61(2)49-19-11-7-15-40(49)43-26-23-36(31-52(43)61)47-32-39(33-48-59-57(66-60(47)48)30-29-56-58(59)46-18-10-14-22-55(46)65-56)64(37-24-27-44-41-16-8-12-20-50(41)62(3,4)53(44)34-37)38-25-28-45-42-17-9-13-21-51(42)63(5,6)54(45)35-38/h7-35H,1-6H3. The molecule has 0 amide bonds. The number of anilines is 3. The molecule has 0 aliphatic heterocycles. The van der Waals surface area contributed by atoms with E-state index in [0.29, 0.717) is 0 Å². The van der Waals surface area contributed by atoms with Crippen LogP contribution >= 0.6 is 0 Å². The maximum atomic E-state index is 7.13. The van der Waals surface area contributed by atoms with E-state index in [9.17, 15) is 0 Å². The zero-order chi connectivity index (χ0) is 44.4. The lowest BCUT2D eigenvalue weighted by molar-refractivity contribution is 0.659. The predicted molar refractivity (Wildman–Crippen MR) is 274 cm³/mol. The molecule has 14 rings (SSSR count). The number of furan rings is 2. The van der Waals surface area contributed by atoms with E-state index in [0.717, 1.165) is 72.1 Å². The summed E-state index contributed by atoms with van der Waals surface area (Å²) in [6.45, 7) is 14.2. The Labute approximate surface area is 384 Å². The number of fused-ring (bicyclic) bond motifs is 16. The van der Waals surface area contributed by atoms with Gasteiger partial charge in [-0.15, -0.1) is 0 Å². The van der Waals surface area contributed by atoms with E-state index in [2.05, 4.69) is 216 Å². The zero-order valence-electron chi connectivity index (χ0n) is 38.0. The second kappa shape index (κ2) is 12.8. The molecule has 3 heteroatoms. The molecule has 66 heavy (non-hydrogen) atoms. The van der Waals surface area contributed by atoms with Gasteiger partial charge in [-0.1, -0.05) is 157 Å². The molecule has 9 aromatic carbocycles. The van der Waals surface area contributed by atoms with Crippen molar-refractivity contribution < 1.29 is 8.83 Å². The molecule has 0 radical (unpaired) electrons. The number of benzene rings is 9. The minimum absolute atomic E-state index is 0.163. The van der Waals surface area contributed by atoms with Gasteiger partial charge < -0.3 is 13.7 Å². The lowest BCUT2D eigenvalue weighted by Crippen LogP contribution is -2.18. The van der Waals surface area contributed by atoms with Crippen molar-refractivity contribution in [1.82, 2.24) is 0 Å². The van der Waals surface area contributed by atoms with Crippen LogP contribution in [-0.2, 0) is 16.2 Å². The first kappa shape index (κ1) is 37.7. The van der Waals surface area contributed by atoms with Gasteiger partial charge in [0.15, 0.2) is 0 Å². The normalized spacial score (nSPS) is 15.5. The van der Waals surface area contributed by atoms with E-state index in [1.165, 1.54) is 66.8 Å². The molecule has 0 spiro atoms. The Hall–Kier alpha value is -7.62. The van der Waals surface area contributed by atoms with Gasteiger partial charge in [-0.3, -0.25) is 0 Å². The fourth-order valence-electron chi connectivity index (χ4n) is 12.5. The van der Waals surface area contributed by atoms with Crippen LogP contribution in [0, 0.1) is 0 Å². The molecule has 3 nitrogen and oxygen atoms in total. The van der Waals surface area contributed by atoms with Gasteiger partial charge in [0.2, 0.25) is 0 Å². The number of hydrogen-bond donors (Lipinski definition) is 0.